The molecule has 1 unspecified atom stereocenters. The zero-order chi connectivity index (χ0) is 18.6. The molecule has 0 saturated carbocycles. The van der Waals surface area contributed by atoms with Gasteiger partial charge in [-0.3, -0.25) is 4.79 Å². The summed E-state index contributed by atoms with van der Waals surface area (Å²) in [7, 11) is -2.02. The molecule has 0 bridgehead atoms. The molecule has 7 nitrogen and oxygen atoms in total. The fourth-order valence-corrected chi connectivity index (χ4v) is 4.62. The number of hydrogen-bond donors (Lipinski definition) is 1. The minimum atomic E-state index is -3.55. The highest BCUT2D eigenvalue weighted by molar-refractivity contribution is 7.89. The van der Waals surface area contributed by atoms with Crippen molar-refractivity contribution in [2.24, 2.45) is 5.73 Å². The number of carbonyl (C=O) groups is 1. The standard InChI is InChI=1S/C17H27N3O4S.ClH/c1-13-4-5-14(2)16(10-13)25(22,23)20-8-6-19(7-9-20)17(21)11-15(12-18)24-3;/h4-5,10,15H,6-9,11-12,18H2,1-3H3;1H. The predicted molar refractivity (Wildman–Crippen MR) is 103 cm³/mol. The van der Waals surface area contributed by atoms with E-state index in [4.69, 9.17) is 10.5 Å². The second-order valence-electron chi connectivity index (χ2n) is 6.35. The molecule has 2 rings (SSSR count). The minimum absolute atomic E-state index is 0. The highest BCUT2D eigenvalue weighted by Crippen LogP contribution is 2.22. The molecule has 0 aromatic heterocycles. The van der Waals surface area contributed by atoms with Crippen LogP contribution in [0.25, 0.3) is 0 Å². The van der Waals surface area contributed by atoms with E-state index in [2.05, 4.69) is 0 Å². The number of rotatable bonds is 6. The molecule has 1 atom stereocenters. The third-order valence-electron chi connectivity index (χ3n) is 4.55. The van der Waals surface area contributed by atoms with E-state index in [1.165, 1.54) is 11.4 Å². The summed E-state index contributed by atoms with van der Waals surface area (Å²) in [6.07, 6.45) is -0.0827. The zero-order valence-electron chi connectivity index (χ0n) is 15.5. The van der Waals surface area contributed by atoms with Gasteiger partial charge in [-0.05, 0) is 31.0 Å². The molecule has 1 aliphatic heterocycles. The highest BCUT2D eigenvalue weighted by atomic mass is 35.5. The summed E-state index contributed by atoms with van der Waals surface area (Å²) in [5, 5.41) is 0. The van der Waals surface area contributed by atoms with Crippen LogP contribution in [0.1, 0.15) is 17.5 Å². The Morgan fingerprint density at radius 2 is 1.85 bits per heavy atom. The molecule has 9 heteroatoms. The van der Waals surface area contributed by atoms with E-state index in [1.54, 1.807) is 17.9 Å². The fraction of sp³-hybridized carbons (Fsp3) is 0.588. The maximum atomic E-state index is 12.9. The molecule has 2 N–H and O–H groups in total. The maximum Gasteiger partial charge on any atom is 0.243 e. The molecule has 148 valence electrons. The van der Waals surface area contributed by atoms with Crippen LogP contribution in [-0.2, 0) is 19.6 Å². The Kier molecular flexibility index (Phi) is 8.49. The number of hydrogen-bond acceptors (Lipinski definition) is 5. The summed E-state index contributed by atoms with van der Waals surface area (Å²) in [4.78, 5) is 14.3. The summed E-state index contributed by atoms with van der Waals surface area (Å²) in [6.45, 7) is 5.29. The van der Waals surface area contributed by atoms with Crippen LogP contribution in [0, 0.1) is 13.8 Å². The Balaban J connectivity index is 0.00000338. The van der Waals surface area contributed by atoms with Crippen LogP contribution in [0.4, 0.5) is 0 Å². The first-order valence-electron chi connectivity index (χ1n) is 8.37. The molecule has 0 aliphatic carbocycles. The molecule has 1 fully saturated rings. The first-order chi connectivity index (χ1) is 11.8. The quantitative estimate of drug-likeness (QED) is 0.759. The van der Waals surface area contributed by atoms with Crippen molar-refractivity contribution in [3.05, 3.63) is 29.3 Å². The SMILES string of the molecule is COC(CN)CC(=O)N1CCN(S(=O)(=O)c2cc(C)ccc2C)CC1.Cl. The topological polar surface area (TPSA) is 92.9 Å². The van der Waals surface area contributed by atoms with E-state index in [0.717, 1.165) is 11.1 Å². The Morgan fingerprint density at radius 1 is 1.23 bits per heavy atom. The number of piperazine rings is 1. The summed E-state index contributed by atoms with van der Waals surface area (Å²) >= 11 is 0. The van der Waals surface area contributed by atoms with E-state index >= 15 is 0 Å². The number of halogens is 1. The lowest BCUT2D eigenvalue weighted by atomic mass is 10.2. The van der Waals surface area contributed by atoms with Gasteiger partial charge in [-0.15, -0.1) is 12.4 Å². The van der Waals surface area contributed by atoms with Crippen LogP contribution in [0.3, 0.4) is 0 Å². The van der Waals surface area contributed by atoms with Gasteiger partial charge >= 0.3 is 0 Å². The molecule has 26 heavy (non-hydrogen) atoms. The van der Waals surface area contributed by atoms with Crippen molar-refractivity contribution in [3.63, 3.8) is 0 Å². The van der Waals surface area contributed by atoms with Crippen LogP contribution in [0.2, 0.25) is 0 Å². The molecule has 1 aromatic carbocycles. The zero-order valence-corrected chi connectivity index (χ0v) is 17.1. The average Bonchev–Trinajstić information content (AvgIpc) is 2.61. The lowest BCUT2D eigenvalue weighted by molar-refractivity contribution is -0.134. The van der Waals surface area contributed by atoms with Gasteiger partial charge in [0, 0.05) is 39.8 Å². The number of carbonyl (C=O) groups excluding carboxylic acids is 1. The minimum Gasteiger partial charge on any atom is -0.380 e. The number of ether oxygens (including phenoxy) is 1. The maximum absolute atomic E-state index is 12.9. The summed E-state index contributed by atoms with van der Waals surface area (Å²) in [5.74, 6) is -0.0546. The van der Waals surface area contributed by atoms with E-state index in [1.807, 2.05) is 19.1 Å². The first-order valence-corrected chi connectivity index (χ1v) is 9.81. The van der Waals surface area contributed by atoms with Crippen molar-refractivity contribution in [1.29, 1.82) is 0 Å². The Hall–Kier alpha value is -1.19. The molecular weight excluding hydrogens is 378 g/mol. The van der Waals surface area contributed by atoms with E-state index in [0.29, 0.717) is 31.1 Å². The second kappa shape index (κ2) is 9.66. The van der Waals surface area contributed by atoms with Gasteiger partial charge < -0.3 is 15.4 Å². The number of methoxy groups -OCH3 is 1. The number of nitrogens with zero attached hydrogens (tertiary/aromatic N) is 2. The van der Waals surface area contributed by atoms with Gasteiger partial charge in [0.15, 0.2) is 0 Å². The summed E-state index contributed by atoms with van der Waals surface area (Å²) < 4.78 is 32.4. The van der Waals surface area contributed by atoms with Gasteiger partial charge in [-0.2, -0.15) is 4.31 Å². The van der Waals surface area contributed by atoms with Crippen LogP contribution in [-0.4, -0.2) is 69.5 Å². The third kappa shape index (κ3) is 5.17. The highest BCUT2D eigenvalue weighted by Gasteiger charge is 2.31. The molecular formula is C17H28ClN3O4S. The molecule has 1 aromatic rings. The average molecular weight is 406 g/mol. The van der Waals surface area contributed by atoms with Crippen molar-refractivity contribution in [2.75, 3.05) is 39.8 Å². The van der Waals surface area contributed by atoms with E-state index in [-0.39, 0.29) is 37.4 Å². The smallest absolute Gasteiger partial charge is 0.243 e. The monoisotopic (exact) mass is 405 g/mol. The first kappa shape index (κ1) is 22.9. The van der Waals surface area contributed by atoms with Gasteiger partial charge in [0.25, 0.3) is 0 Å². The summed E-state index contributed by atoms with van der Waals surface area (Å²) in [5.41, 5.74) is 7.19. The normalized spacial score (nSPS) is 16.8. The Morgan fingerprint density at radius 3 is 2.38 bits per heavy atom. The molecule has 1 aliphatic rings. The predicted octanol–water partition coefficient (Wildman–Crippen LogP) is 0.922. The van der Waals surface area contributed by atoms with Crippen LogP contribution < -0.4 is 5.73 Å². The van der Waals surface area contributed by atoms with Crippen LogP contribution in [0.15, 0.2) is 23.1 Å². The van der Waals surface area contributed by atoms with Gasteiger partial charge in [0.2, 0.25) is 15.9 Å². The number of benzene rings is 1. The fourth-order valence-electron chi connectivity index (χ4n) is 2.89. The molecule has 0 radical (unpaired) electrons. The third-order valence-corrected chi connectivity index (χ3v) is 6.59. The van der Waals surface area contributed by atoms with E-state index in [9.17, 15) is 13.2 Å². The molecule has 1 amide bonds. The Bertz CT molecular complexity index is 715. The molecule has 1 heterocycles. The van der Waals surface area contributed by atoms with Crippen molar-refractivity contribution >= 4 is 28.3 Å². The van der Waals surface area contributed by atoms with Gasteiger partial charge in [0.1, 0.15) is 0 Å². The number of amides is 1. The van der Waals surface area contributed by atoms with Crippen LogP contribution >= 0.6 is 12.4 Å². The molecule has 1 saturated heterocycles. The van der Waals surface area contributed by atoms with E-state index < -0.39 is 10.0 Å². The van der Waals surface area contributed by atoms with Crippen LogP contribution in [0.5, 0.6) is 0 Å². The number of sulfonamides is 1. The largest absolute Gasteiger partial charge is 0.380 e. The van der Waals surface area contributed by atoms with Crippen molar-refractivity contribution in [1.82, 2.24) is 9.21 Å². The summed E-state index contributed by atoms with van der Waals surface area (Å²) in [6, 6.07) is 5.42. The number of nitrogens with two attached hydrogens (primary N) is 1. The number of aryl methyl sites for hydroxylation is 2. The van der Waals surface area contributed by atoms with Gasteiger partial charge in [0.05, 0.1) is 17.4 Å². The second-order valence-corrected chi connectivity index (χ2v) is 8.26. The lowest BCUT2D eigenvalue weighted by Gasteiger charge is -2.34. The van der Waals surface area contributed by atoms with Gasteiger partial charge in [-0.25, -0.2) is 8.42 Å². The van der Waals surface area contributed by atoms with Crippen molar-refractivity contribution in [3.8, 4) is 0 Å². The van der Waals surface area contributed by atoms with Crippen molar-refractivity contribution < 1.29 is 17.9 Å². The Labute approximate surface area is 161 Å². The van der Waals surface area contributed by atoms with Gasteiger partial charge in [-0.1, -0.05) is 12.1 Å². The molecule has 0 spiro atoms. The van der Waals surface area contributed by atoms with Crippen molar-refractivity contribution in [2.45, 2.75) is 31.3 Å². The lowest BCUT2D eigenvalue weighted by Crippen LogP contribution is -2.51.